The first-order valence-corrected chi connectivity index (χ1v) is 9.02. The minimum atomic E-state index is -0.413. The molecule has 0 amide bonds. The van der Waals surface area contributed by atoms with Crippen LogP contribution >= 0.6 is 15.9 Å². The van der Waals surface area contributed by atoms with Gasteiger partial charge < -0.3 is 4.74 Å². The summed E-state index contributed by atoms with van der Waals surface area (Å²) < 4.78 is 5.85. The van der Waals surface area contributed by atoms with Gasteiger partial charge >= 0.3 is 0 Å². The van der Waals surface area contributed by atoms with Crippen LogP contribution in [0.5, 0.6) is 5.75 Å². The van der Waals surface area contributed by atoms with Crippen LogP contribution in [-0.4, -0.2) is 24.7 Å². The van der Waals surface area contributed by atoms with Gasteiger partial charge in [0.25, 0.3) is 0 Å². The van der Waals surface area contributed by atoms with E-state index in [4.69, 9.17) is 12.6 Å². The van der Waals surface area contributed by atoms with E-state index < -0.39 is 5.82 Å². The summed E-state index contributed by atoms with van der Waals surface area (Å²) in [6.45, 7) is 0.394. The molecule has 1 aliphatic carbocycles. The fraction of sp³-hybridized carbons (Fsp3) is 0.263. The Hall–Kier alpha value is -1.88. The number of rotatable bonds is 2. The van der Waals surface area contributed by atoms with Crippen molar-refractivity contribution in [2.75, 3.05) is 5.33 Å². The molecular weight excluding hydrogens is 367 g/mol. The lowest BCUT2D eigenvalue weighted by molar-refractivity contribution is 0.0971. The third kappa shape index (κ3) is 2.42. The quantitative estimate of drug-likeness (QED) is 0.450. The molecular formula is C19H14BBrO3. The van der Waals surface area contributed by atoms with E-state index in [2.05, 4.69) is 15.9 Å². The van der Waals surface area contributed by atoms with Crippen molar-refractivity contribution in [3.63, 3.8) is 0 Å². The van der Waals surface area contributed by atoms with E-state index in [1.165, 1.54) is 0 Å². The lowest BCUT2D eigenvalue weighted by Gasteiger charge is -2.26. The van der Waals surface area contributed by atoms with Gasteiger partial charge in [0.05, 0.1) is 13.2 Å². The van der Waals surface area contributed by atoms with Crippen LogP contribution in [0.2, 0.25) is 5.82 Å². The summed E-state index contributed by atoms with van der Waals surface area (Å²) in [7, 11) is 5.88. The first-order valence-electron chi connectivity index (χ1n) is 7.90. The molecule has 1 aliphatic heterocycles. The third-order valence-electron chi connectivity index (χ3n) is 4.75. The second-order valence-electron chi connectivity index (χ2n) is 6.23. The van der Waals surface area contributed by atoms with E-state index in [-0.39, 0.29) is 11.6 Å². The highest BCUT2D eigenvalue weighted by Crippen LogP contribution is 2.42. The first-order chi connectivity index (χ1) is 11.6. The summed E-state index contributed by atoms with van der Waals surface area (Å²) in [6.07, 6.45) is 1.47. The highest BCUT2D eigenvalue weighted by atomic mass is 79.9. The van der Waals surface area contributed by atoms with Crippen LogP contribution in [-0.2, 0) is 13.0 Å². The molecule has 2 aromatic rings. The Bertz CT molecular complexity index is 875. The van der Waals surface area contributed by atoms with Crippen molar-refractivity contribution >= 4 is 35.3 Å². The summed E-state index contributed by atoms with van der Waals surface area (Å²) in [5.41, 5.74) is 5.42. The molecule has 0 saturated carbocycles. The Morgan fingerprint density at radius 2 is 2.00 bits per heavy atom. The first kappa shape index (κ1) is 15.6. The van der Waals surface area contributed by atoms with Crippen LogP contribution in [0.3, 0.4) is 0 Å². The molecule has 0 bridgehead atoms. The monoisotopic (exact) mass is 380 g/mol. The summed E-state index contributed by atoms with van der Waals surface area (Å²) >= 11 is 3.20. The number of alkyl halides is 1. The van der Waals surface area contributed by atoms with Crippen molar-refractivity contribution in [2.24, 2.45) is 0 Å². The molecule has 1 heterocycles. The Labute approximate surface area is 149 Å². The molecule has 2 radical (unpaired) electrons. The van der Waals surface area contributed by atoms with Crippen molar-refractivity contribution in [1.82, 2.24) is 0 Å². The maximum atomic E-state index is 12.3. The van der Waals surface area contributed by atoms with Gasteiger partial charge in [-0.1, -0.05) is 28.1 Å². The lowest BCUT2D eigenvalue weighted by Crippen LogP contribution is -2.19. The summed E-state index contributed by atoms with van der Waals surface area (Å²) in [5.74, 6) is 0.341. The molecule has 1 atom stereocenters. The van der Waals surface area contributed by atoms with Gasteiger partial charge in [0, 0.05) is 16.7 Å². The number of benzene rings is 2. The predicted molar refractivity (Wildman–Crippen MR) is 96.5 cm³/mol. The molecule has 0 saturated heterocycles. The van der Waals surface area contributed by atoms with Gasteiger partial charge in [-0.15, -0.1) is 0 Å². The highest BCUT2D eigenvalue weighted by molar-refractivity contribution is 9.09. The Morgan fingerprint density at radius 1 is 1.17 bits per heavy atom. The second-order valence-corrected chi connectivity index (χ2v) is 6.79. The number of carbonyl (C=O) groups excluding carboxylic acids is 2. The van der Waals surface area contributed by atoms with Crippen molar-refractivity contribution in [3.05, 3.63) is 52.6 Å². The standard InChI is InChI=1S/C19H14BBrO3/c20-16-4-2-10-6-15-13-3-1-11(17(22)8-21)5-12(13)9-24-18(15)7-14(10)19(16)23/h1,3,5-7,16H,2,4,8-9H2. The zero-order valence-electron chi connectivity index (χ0n) is 13.0. The van der Waals surface area contributed by atoms with Gasteiger partial charge in [-0.3, -0.25) is 9.59 Å². The number of hydrogen-bond donors (Lipinski definition) is 0. The highest BCUT2D eigenvalue weighted by Gasteiger charge is 2.27. The number of ketones is 2. The minimum Gasteiger partial charge on any atom is -0.488 e. The molecule has 1 unspecified atom stereocenters. The fourth-order valence-corrected chi connectivity index (χ4v) is 3.74. The Balaban J connectivity index is 1.82. The normalized spacial score (nSPS) is 18.2. The second kappa shape index (κ2) is 5.89. The largest absolute Gasteiger partial charge is 0.488 e. The minimum absolute atomic E-state index is 0.00767. The zero-order valence-corrected chi connectivity index (χ0v) is 14.6. The Morgan fingerprint density at radius 3 is 2.79 bits per heavy atom. The van der Waals surface area contributed by atoms with E-state index in [1.54, 1.807) is 0 Å². The topological polar surface area (TPSA) is 43.4 Å². The average Bonchev–Trinajstić information content (AvgIpc) is 2.62. The van der Waals surface area contributed by atoms with E-state index in [0.29, 0.717) is 35.2 Å². The number of ether oxygens (including phenoxy) is 1. The molecule has 0 fully saturated rings. The maximum Gasteiger partial charge on any atom is 0.173 e. The number of fused-ring (bicyclic) bond motifs is 4. The number of hydrogen-bond acceptors (Lipinski definition) is 3. The van der Waals surface area contributed by atoms with Gasteiger partial charge in [0.2, 0.25) is 0 Å². The molecule has 0 spiro atoms. The fourth-order valence-electron chi connectivity index (χ4n) is 3.41. The molecule has 3 nitrogen and oxygen atoms in total. The number of carbonyl (C=O) groups is 2. The zero-order chi connectivity index (χ0) is 16.8. The lowest BCUT2D eigenvalue weighted by atomic mass is 9.71. The molecule has 5 heteroatoms. The molecule has 0 N–H and O–H groups in total. The number of aryl methyl sites for hydroxylation is 1. The third-order valence-corrected chi connectivity index (χ3v) is 5.26. The van der Waals surface area contributed by atoms with Gasteiger partial charge in [0.15, 0.2) is 11.6 Å². The van der Waals surface area contributed by atoms with Gasteiger partial charge in [-0.05, 0) is 53.5 Å². The van der Waals surface area contributed by atoms with E-state index in [1.807, 2.05) is 30.3 Å². The molecule has 4 rings (SSSR count). The van der Waals surface area contributed by atoms with Crippen molar-refractivity contribution in [2.45, 2.75) is 25.3 Å². The van der Waals surface area contributed by atoms with Gasteiger partial charge in [-0.2, -0.15) is 0 Å². The van der Waals surface area contributed by atoms with Gasteiger partial charge in [-0.25, -0.2) is 0 Å². The van der Waals surface area contributed by atoms with E-state index >= 15 is 0 Å². The van der Waals surface area contributed by atoms with Crippen molar-refractivity contribution < 1.29 is 14.3 Å². The van der Waals surface area contributed by atoms with E-state index in [9.17, 15) is 9.59 Å². The SMILES string of the molecule is [B]C1CCc2cc3c(cc2C1=O)OCc1cc(C(=O)CBr)ccc1-3. The Kier molecular flexibility index (Phi) is 3.84. The van der Waals surface area contributed by atoms with Crippen LogP contribution in [0.1, 0.15) is 38.3 Å². The molecule has 2 aliphatic rings. The van der Waals surface area contributed by atoms with Crippen molar-refractivity contribution in [1.29, 1.82) is 0 Å². The van der Waals surface area contributed by atoms with Crippen LogP contribution in [0.4, 0.5) is 0 Å². The number of halogens is 1. The predicted octanol–water partition coefficient (Wildman–Crippen LogP) is 3.91. The summed E-state index contributed by atoms with van der Waals surface area (Å²) in [6, 6.07) is 9.57. The van der Waals surface area contributed by atoms with Crippen molar-refractivity contribution in [3.8, 4) is 16.9 Å². The molecule has 24 heavy (non-hydrogen) atoms. The average molecular weight is 381 g/mol. The smallest absolute Gasteiger partial charge is 0.173 e. The maximum absolute atomic E-state index is 12.3. The summed E-state index contributed by atoms with van der Waals surface area (Å²) in [4.78, 5) is 24.1. The van der Waals surface area contributed by atoms with Crippen LogP contribution in [0.25, 0.3) is 11.1 Å². The van der Waals surface area contributed by atoms with Crippen LogP contribution in [0, 0.1) is 0 Å². The molecule has 2 aromatic carbocycles. The van der Waals surface area contributed by atoms with Crippen LogP contribution in [0.15, 0.2) is 30.3 Å². The van der Waals surface area contributed by atoms with E-state index in [0.717, 1.165) is 28.7 Å². The molecule has 118 valence electrons. The molecule has 0 aromatic heterocycles. The summed E-state index contributed by atoms with van der Waals surface area (Å²) in [5, 5.41) is 0.305. The van der Waals surface area contributed by atoms with Crippen LogP contribution < -0.4 is 4.74 Å². The van der Waals surface area contributed by atoms with Gasteiger partial charge in [0.1, 0.15) is 12.4 Å². The number of Topliss-reactive ketones (excluding diaryl/α,β-unsaturated/α-hetero) is 2.